The van der Waals surface area contributed by atoms with Gasteiger partial charge in [0.25, 0.3) is 11.8 Å². The molecule has 2 atom stereocenters. The lowest BCUT2D eigenvalue weighted by Gasteiger charge is -2.34. The number of carbonyl (C=O) groups is 2. The Morgan fingerprint density at radius 1 is 1.24 bits per heavy atom. The van der Waals surface area contributed by atoms with Gasteiger partial charge in [0, 0.05) is 24.7 Å². The highest BCUT2D eigenvalue weighted by molar-refractivity contribution is 5.95. The average molecular weight is 290 g/mol. The zero-order chi connectivity index (χ0) is 15.2. The molecule has 0 aromatic heterocycles. The van der Waals surface area contributed by atoms with Crippen LogP contribution in [0.2, 0.25) is 0 Å². The Balaban J connectivity index is 1.76. The quantitative estimate of drug-likeness (QED) is 0.690. The number of nitrogens with one attached hydrogen (secondary N) is 2. The second-order valence-electron chi connectivity index (χ2n) is 5.66. The van der Waals surface area contributed by atoms with Crippen LogP contribution in [0.3, 0.4) is 0 Å². The maximum atomic E-state index is 11.9. The van der Waals surface area contributed by atoms with Crippen molar-refractivity contribution in [3.63, 3.8) is 0 Å². The fourth-order valence-electron chi connectivity index (χ4n) is 2.67. The van der Waals surface area contributed by atoms with Gasteiger partial charge in [-0.15, -0.1) is 0 Å². The lowest BCUT2D eigenvalue weighted by Crippen LogP contribution is -2.52. The standard InChI is InChI=1S/C15H22N4O2/c1-11-7-13(16)9-19(8-11)10-14(20)17-18-15(21)12-5-3-2-4-6-12/h2-6,11,13H,7-10,16H2,1H3,(H,17,20)(H,18,21). The van der Waals surface area contributed by atoms with Crippen LogP contribution in [0.5, 0.6) is 0 Å². The Morgan fingerprint density at radius 2 is 1.95 bits per heavy atom. The predicted octanol–water partition coefficient (Wildman–Crippen LogP) is 0.117. The van der Waals surface area contributed by atoms with Gasteiger partial charge in [-0.2, -0.15) is 0 Å². The fraction of sp³-hybridized carbons (Fsp3) is 0.467. The summed E-state index contributed by atoms with van der Waals surface area (Å²) in [7, 11) is 0. The first-order valence-electron chi connectivity index (χ1n) is 7.16. The van der Waals surface area contributed by atoms with Gasteiger partial charge in [-0.05, 0) is 24.5 Å². The Kier molecular flexibility index (Phi) is 5.30. The van der Waals surface area contributed by atoms with Gasteiger partial charge in [0.15, 0.2) is 0 Å². The first-order chi connectivity index (χ1) is 10.0. The van der Waals surface area contributed by atoms with E-state index in [2.05, 4.69) is 17.8 Å². The van der Waals surface area contributed by atoms with E-state index in [1.54, 1.807) is 24.3 Å². The molecule has 2 rings (SSSR count). The number of hydrogen-bond acceptors (Lipinski definition) is 4. The van der Waals surface area contributed by atoms with Gasteiger partial charge in [0.05, 0.1) is 6.54 Å². The number of piperidine rings is 1. The van der Waals surface area contributed by atoms with E-state index in [1.807, 2.05) is 11.0 Å². The molecule has 2 unspecified atom stereocenters. The van der Waals surface area contributed by atoms with E-state index in [0.29, 0.717) is 18.0 Å². The molecule has 0 radical (unpaired) electrons. The zero-order valence-corrected chi connectivity index (χ0v) is 12.2. The molecule has 0 spiro atoms. The van der Waals surface area contributed by atoms with Crippen molar-refractivity contribution in [2.45, 2.75) is 19.4 Å². The van der Waals surface area contributed by atoms with E-state index >= 15 is 0 Å². The molecule has 1 saturated heterocycles. The number of nitrogens with two attached hydrogens (primary N) is 1. The molecule has 0 bridgehead atoms. The minimum atomic E-state index is -0.326. The second-order valence-corrected chi connectivity index (χ2v) is 5.66. The summed E-state index contributed by atoms with van der Waals surface area (Å²) in [6.45, 7) is 3.94. The van der Waals surface area contributed by atoms with Gasteiger partial charge in [-0.3, -0.25) is 25.3 Å². The predicted molar refractivity (Wildman–Crippen MR) is 80.2 cm³/mol. The number of carbonyl (C=O) groups excluding carboxylic acids is 2. The second kappa shape index (κ2) is 7.19. The van der Waals surface area contributed by atoms with Gasteiger partial charge in [0.2, 0.25) is 0 Å². The highest BCUT2D eigenvalue weighted by atomic mass is 16.2. The summed E-state index contributed by atoms with van der Waals surface area (Å²) in [5.41, 5.74) is 11.3. The summed E-state index contributed by atoms with van der Waals surface area (Å²) in [6, 6.07) is 8.86. The molecule has 1 aliphatic heterocycles. The molecule has 6 nitrogen and oxygen atoms in total. The number of hydrazine groups is 1. The van der Waals surface area contributed by atoms with E-state index in [9.17, 15) is 9.59 Å². The molecule has 114 valence electrons. The zero-order valence-electron chi connectivity index (χ0n) is 12.2. The van der Waals surface area contributed by atoms with Crippen LogP contribution in [0.15, 0.2) is 30.3 Å². The molecule has 6 heteroatoms. The smallest absolute Gasteiger partial charge is 0.269 e. The molecule has 21 heavy (non-hydrogen) atoms. The topological polar surface area (TPSA) is 87.5 Å². The molecule has 2 amide bonds. The van der Waals surface area contributed by atoms with E-state index in [-0.39, 0.29) is 24.4 Å². The van der Waals surface area contributed by atoms with Gasteiger partial charge in [-0.25, -0.2) is 0 Å². The molecule has 1 aliphatic rings. The number of likely N-dealkylation sites (tertiary alicyclic amines) is 1. The molecule has 1 heterocycles. The highest BCUT2D eigenvalue weighted by Gasteiger charge is 2.23. The van der Waals surface area contributed by atoms with Gasteiger partial charge >= 0.3 is 0 Å². The number of hydrogen-bond donors (Lipinski definition) is 3. The summed E-state index contributed by atoms with van der Waals surface area (Å²) < 4.78 is 0. The SMILES string of the molecule is CC1CC(N)CN(CC(=O)NNC(=O)c2ccccc2)C1. The van der Waals surface area contributed by atoms with Crippen LogP contribution in [0.4, 0.5) is 0 Å². The van der Waals surface area contributed by atoms with Crippen molar-refractivity contribution >= 4 is 11.8 Å². The monoisotopic (exact) mass is 290 g/mol. The van der Waals surface area contributed by atoms with E-state index in [0.717, 1.165) is 13.0 Å². The van der Waals surface area contributed by atoms with E-state index < -0.39 is 0 Å². The van der Waals surface area contributed by atoms with Gasteiger partial charge < -0.3 is 5.73 Å². The Morgan fingerprint density at radius 3 is 2.62 bits per heavy atom. The van der Waals surface area contributed by atoms with Crippen molar-refractivity contribution in [1.82, 2.24) is 15.8 Å². The minimum absolute atomic E-state index is 0.112. The van der Waals surface area contributed by atoms with Crippen LogP contribution in [0.25, 0.3) is 0 Å². The van der Waals surface area contributed by atoms with Gasteiger partial charge in [-0.1, -0.05) is 25.1 Å². The fourth-order valence-corrected chi connectivity index (χ4v) is 2.67. The van der Waals surface area contributed by atoms with Gasteiger partial charge in [0.1, 0.15) is 0 Å². The van der Waals surface area contributed by atoms with Crippen LogP contribution >= 0.6 is 0 Å². The Bertz CT molecular complexity index is 482. The Labute approximate surface area is 124 Å². The summed E-state index contributed by atoms with van der Waals surface area (Å²) in [4.78, 5) is 25.7. The Hall–Kier alpha value is -1.92. The van der Waals surface area contributed by atoms with Crippen molar-refractivity contribution in [1.29, 1.82) is 0 Å². The van der Waals surface area contributed by atoms with Crippen LogP contribution in [0.1, 0.15) is 23.7 Å². The molecule has 4 N–H and O–H groups in total. The van der Waals surface area contributed by atoms with Crippen molar-refractivity contribution < 1.29 is 9.59 Å². The van der Waals surface area contributed by atoms with Crippen molar-refractivity contribution in [2.24, 2.45) is 11.7 Å². The average Bonchev–Trinajstić information content (AvgIpc) is 2.44. The molecule has 0 aliphatic carbocycles. The maximum Gasteiger partial charge on any atom is 0.269 e. The third-order valence-corrected chi connectivity index (χ3v) is 3.49. The highest BCUT2D eigenvalue weighted by Crippen LogP contribution is 2.14. The summed E-state index contributed by atoms with van der Waals surface area (Å²) in [5, 5.41) is 0. The third-order valence-electron chi connectivity index (χ3n) is 3.49. The number of rotatable bonds is 3. The van der Waals surface area contributed by atoms with Crippen molar-refractivity contribution in [3.8, 4) is 0 Å². The van der Waals surface area contributed by atoms with Crippen molar-refractivity contribution in [2.75, 3.05) is 19.6 Å². The molecular formula is C15H22N4O2. The lowest BCUT2D eigenvalue weighted by atomic mass is 9.97. The molecule has 1 fully saturated rings. The number of nitrogens with zero attached hydrogens (tertiary/aromatic N) is 1. The van der Waals surface area contributed by atoms with Crippen LogP contribution < -0.4 is 16.6 Å². The van der Waals surface area contributed by atoms with Crippen LogP contribution in [-0.4, -0.2) is 42.4 Å². The summed E-state index contributed by atoms with van der Waals surface area (Å²) in [5.74, 6) is -0.0753. The summed E-state index contributed by atoms with van der Waals surface area (Å²) in [6.07, 6.45) is 0.989. The van der Waals surface area contributed by atoms with E-state index in [4.69, 9.17) is 5.73 Å². The lowest BCUT2D eigenvalue weighted by molar-refractivity contribution is -0.123. The minimum Gasteiger partial charge on any atom is -0.327 e. The normalized spacial score (nSPS) is 22.6. The van der Waals surface area contributed by atoms with Crippen LogP contribution in [0, 0.1) is 5.92 Å². The summed E-state index contributed by atoms with van der Waals surface area (Å²) >= 11 is 0. The number of amides is 2. The molecule has 1 aromatic rings. The molecular weight excluding hydrogens is 268 g/mol. The molecule has 1 aromatic carbocycles. The van der Waals surface area contributed by atoms with Crippen molar-refractivity contribution in [3.05, 3.63) is 35.9 Å². The first kappa shape index (κ1) is 15.5. The van der Waals surface area contributed by atoms with E-state index in [1.165, 1.54) is 0 Å². The largest absolute Gasteiger partial charge is 0.327 e. The first-order valence-corrected chi connectivity index (χ1v) is 7.16. The van der Waals surface area contributed by atoms with Crippen LogP contribution in [-0.2, 0) is 4.79 Å². The molecule has 0 saturated carbocycles. The third kappa shape index (κ3) is 4.84. The maximum absolute atomic E-state index is 11.9. The number of benzene rings is 1.